The van der Waals surface area contributed by atoms with E-state index in [1.165, 1.54) is 64.2 Å². The molecule has 0 saturated heterocycles. The quantitative estimate of drug-likeness (QED) is 0.299. The van der Waals surface area contributed by atoms with E-state index in [4.69, 9.17) is 19.8 Å². The van der Waals surface area contributed by atoms with Crippen molar-refractivity contribution in [2.24, 2.45) is 0 Å². The third kappa shape index (κ3) is 118. The van der Waals surface area contributed by atoms with Crippen LogP contribution in [0.4, 0.5) is 0 Å². The second kappa shape index (κ2) is 39.0. The molecule has 8 radical (unpaired) electrons. The fourth-order valence-corrected chi connectivity index (χ4v) is 1.56. The van der Waals surface area contributed by atoms with Crippen LogP contribution in [0.5, 0.6) is 0 Å². The number of hydrogen-bond acceptors (Lipinski definition) is 2. The van der Waals surface area contributed by atoms with Gasteiger partial charge in [-0.05, 0) is 0 Å². The van der Waals surface area contributed by atoms with Gasteiger partial charge in [-0.2, -0.15) is 0 Å². The standard InChI is InChI=1S/2C8H17.2C2H3O2.Sn/c2*1-3-5-7-8-6-4-2;2*1-2(3)4;/h2*1,3-8H2,2H3;2*1H3;. The second-order valence-corrected chi connectivity index (χ2v) is 5.52. The van der Waals surface area contributed by atoms with Gasteiger partial charge in [-0.3, -0.25) is 0 Å². The summed E-state index contributed by atoms with van der Waals surface area (Å²) in [5.41, 5.74) is 0. The fourth-order valence-electron chi connectivity index (χ4n) is 1.56. The molecule has 4 nitrogen and oxygen atoms in total. The maximum Gasteiger partial charge on any atom is 0.352 e. The molecule has 148 valence electrons. The zero-order valence-electron chi connectivity index (χ0n) is 17.0. The Balaban J connectivity index is -0.0000000739. The summed E-state index contributed by atoms with van der Waals surface area (Å²) >= 11 is 0. The third-order valence-corrected chi connectivity index (χ3v) is 2.71. The molecule has 0 saturated carbocycles. The molecule has 0 unspecified atom stereocenters. The van der Waals surface area contributed by atoms with E-state index < -0.39 is 11.9 Å². The molecule has 0 spiro atoms. The monoisotopic (exact) mass is 464 g/mol. The van der Waals surface area contributed by atoms with Crippen LogP contribution in [-0.2, 0) is 19.8 Å². The summed E-state index contributed by atoms with van der Waals surface area (Å²) in [6.45, 7) is 14.0. The first kappa shape index (κ1) is 35.8. The van der Waals surface area contributed by atoms with Gasteiger partial charge in [0.1, 0.15) is 0 Å². The predicted molar refractivity (Wildman–Crippen MR) is 106 cm³/mol. The van der Waals surface area contributed by atoms with Crippen LogP contribution in [0.2, 0.25) is 0 Å². The van der Waals surface area contributed by atoms with Crippen molar-refractivity contribution < 1.29 is 19.8 Å². The van der Waals surface area contributed by atoms with Crippen LogP contribution in [0.25, 0.3) is 0 Å². The topological polar surface area (TPSA) is 73.9 Å². The zero-order chi connectivity index (χ0) is 19.6. The Bertz CT molecular complexity index is 190. The van der Waals surface area contributed by atoms with Gasteiger partial charge in [0.2, 0.25) is 0 Å². The van der Waals surface area contributed by atoms with Crippen molar-refractivity contribution in [3.05, 3.63) is 13.8 Å². The fraction of sp³-hybridized carbons (Fsp3) is 0.800. The third-order valence-electron chi connectivity index (χ3n) is 2.71. The summed E-state index contributed by atoms with van der Waals surface area (Å²) in [6, 6.07) is 0. The Kier molecular flexibility index (Phi) is 55.8. The van der Waals surface area contributed by atoms with Crippen LogP contribution in [-0.4, -0.2) is 35.8 Å². The summed E-state index contributed by atoms with van der Waals surface area (Å²) in [5, 5.41) is 17.8. The molecule has 0 bridgehead atoms. The average molecular weight is 463 g/mol. The van der Waals surface area contributed by atoms with Crippen LogP contribution >= 0.6 is 0 Å². The Morgan fingerprint density at radius 3 is 0.960 bits per heavy atom. The van der Waals surface area contributed by atoms with Crippen molar-refractivity contribution >= 4 is 35.8 Å². The minimum atomic E-state index is -1.08. The van der Waals surface area contributed by atoms with E-state index in [-0.39, 0.29) is 23.9 Å². The molecule has 0 aliphatic carbocycles. The summed E-state index contributed by atoms with van der Waals surface area (Å²) in [7, 11) is 0. The van der Waals surface area contributed by atoms with Gasteiger partial charge in [-0.25, -0.2) is 19.8 Å². The molecule has 0 N–H and O–H groups in total. The summed E-state index contributed by atoms with van der Waals surface area (Å²) in [4.78, 5) is 17.8. The molecule has 25 heavy (non-hydrogen) atoms. The molecular weight excluding hydrogens is 423 g/mol. The maximum absolute atomic E-state index is 8.89. The van der Waals surface area contributed by atoms with Crippen LogP contribution in [0.15, 0.2) is 0 Å². The SMILES string of the molecule is CC([O])=O.CC([O])=O.[CH2]CCCCCCC.[CH2]CCCCCCC.[Sn]. The van der Waals surface area contributed by atoms with Gasteiger partial charge >= 0.3 is 11.9 Å². The van der Waals surface area contributed by atoms with Crippen molar-refractivity contribution in [3.63, 3.8) is 0 Å². The van der Waals surface area contributed by atoms with E-state index >= 15 is 0 Å². The number of carbonyl (C=O) groups excluding carboxylic acids is 2. The van der Waals surface area contributed by atoms with Crippen LogP contribution < -0.4 is 0 Å². The molecule has 0 aliphatic heterocycles. The van der Waals surface area contributed by atoms with Crippen molar-refractivity contribution in [3.8, 4) is 0 Å². The number of carbonyl (C=O) groups is 2. The Hall–Kier alpha value is -0.261. The van der Waals surface area contributed by atoms with Gasteiger partial charge in [-0.1, -0.05) is 105 Å². The van der Waals surface area contributed by atoms with Crippen molar-refractivity contribution in [1.82, 2.24) is 0 Å². The molecule has 0 fully saturated rings. The smallest absolute Gasteiger partial charge is 0.248 e. The molecular formula is C20H40O4Sn. The van der Waals surface area contributed by atoms with Gasteiger partial charge in [0.25, 0.3) is 0 Å². The Morgan fingerprint density at radius 1 is 0.600 bits per heavy atom. The average Bonchev–Trinajstić information content (AvgIpc) is 2.48. The first-order valence-corrected chi connectivity index (χ1v) is 9.23. The summed E-state index contributed by atoms with van der Waals surface area (Å²) in [6.07, 6.45) is 16.0. The first-order valence-electron chi connectivity index (χ1n) is 9.23. The zero-order valence-corrected chi connectivity index (χ0v) is 19.9. The van der Waals surface area contributed by atoms with Crippen molar-refractivity contribution in [2.45, 2.75) is 105 Å². The van der Waals surface area contributed by atoms with Crippen LogP contribution in [0.1, 0.15) is 105 Å². The van der Waals surface area contributed by atoms with Gasteiger partial charge in [0.15, 0.2) is 0 Å². The maximum atomic E-state index is 8.89. The van der Waals surface area contributed by atoms with E-state index in [9.17, 15) is 0 Å². The Morgan fingerprint density at radius 2 is 0.800 bits per heavy atom. The van der Waals surface area contributed by atoms with Gasteiger partial charge in [0, 0.05) is 37.8 Å². The molecule has 0 aromatic carbocycles. The van der Waals surface area contributed by atoms with Crippen LogP contribution in [0, 0.1) is 13.8 Å². The van der Waals surface area contributed by atoms with Crippen molar-refractivity contribution in [1.29, 1.82) is 0 Å². The molecule has 0 amide bonds. The molecule has 0 atom stereocenters. The number of unbranched alkanes of at least 4 members (excludes halogenated alkanes) is 10. The second-order valence-electron chi connectivity index (χ2n) is 5.52. The van der Waals surface area contributed by atoms with E-state index in [0.29, 0.717) is 0 Å². The number of rotatable bonds is 10. The molecule has 0 aromatic heterocycles. The molecule has 0 rings (SSSR count). The molecule has 5 heteroatoms. The van der Waals surface area contributed by atoms with E-state index in [1.807, 2.05) is 0 Å². The van der Waals surface area contributed by atoms with Gasteiger partial charge in [0.05, 0.1) is 0 Å². The van der Waals surface area contributed by atoms with Gasteiger partial charge in [-0.15, -0.1) is 0 Å². The van der Waals surface area contributed by atoms with Gasteiger partial charge < -0.3 is 0 Å². The molecule has 0 aliphatic rings. The minimum Gasteiger partial charge on any atom is -0.248 e. The minimum absolute atomic E-state index is 0. The van der Waals surface area contributed by atoms with E-state index in [0.717, 1.165) is 26.7 Å². The first-order chi connectivity index (χ1) is 11.3. The summed E-state index contributed by atoms with van der Waals surface area (Å²) < 4.78 is 0. The molecule has 0 aromatic rings. The van der Waals surface area contributed by atoms with Crippen molar-refractivity contribution in [2.75, 3.05) is 0 Å². The number of hydrogen-bond donors (Lipinski definition) is 0. The summed E-state index contributed by atoms with van der Waals surface area (Å²) in [5.74, 6) is -2.17. The van der Waals surface area contributed by atoms with E-state index in [2.05, 4.69) is 27.7 Å². The Labute approximate surface area is 174 Å². The van der Waals surface area contributed by atoms with E-state index in [1.54, 1.807) is 0 Å². The molecule has 0 heterocycles. The largest absolute Gasteiger partial charge is 0.352 e. The van der Waals surface area contributed by atoms with Crippen LogP contribution in [0.3, 0.4) is 0 Å². The normalized spacial score (nSPS) is 8.24. The predicted octanol–water partition coefficient (Wildman–Crippen LogP) is 5.91.